The van der Waals surface area contributed by atoms with Gasteiger partial charge in [0, 0.05) is 5.38 Å². The fourth-order valence-electron chi connectivity index (χ4n) is 1.68. The van der Waals surface area contributed by atoms with E-state index in [0.717, 1.165) is 3.79 Å². The van der Waals surface area contributed by atoms with Gasteiger partial charge in [-0.05, 0) is 49.9 Å². The van der Waals surface area contributed by atoms with Crippen LogP contribution in [-0.4, -0.2) is 35.0 Å². The second-order valence-corrected chi connectivity index (χ2v) is 7.76. The number of nitrogens with one attached hydrogen (secondary N) is 1. The molecule has 2 aromatic rings. The maximum absolute atomic E-state index is 12.2. The summed E-state index contributed by atoms with van der Waals surface area (Å²) in [6.07, 6.45) is 0. The van der Waals surface area contributed by atoms with Crippen molar-refractivity contribution in [2.75, 3.05) is 14.1 Å². The Labute approximate surface area is 135 Å². The molecule has 0 atom stereocenters. The van der Waals surface area contributed by atoms with Gasteiger partial charge in [0.15, 0.2) is 5.82 Å². The lowest BCUT2D eigenvalue weighted by Gasteiger charge is -2.21. The number of amides is 1. The summed E-state index contributed by atoms with van der Waals surface area (Å²) in [5.74, 6) is 0.818. The van der Waals surface area contributed by atoms with Gasteiger partial charge in [-0.1, -0.05) is 5.16 Å². The molecule has 1 amide bonds. The van der Waals surface area contributed by atoms with Crippen molar-refractivity contribution in [2.24, 2.45) is 0 Å². The molecule has 0 spiro atoms. The molecule has 0 radical (unpaired) electrons. The number of halogens is 1. The standard InChI is InChI=1S/C13H17BrN4O2S/c1-13(2,12-15-10(20-17-12)6-18(3)4)16-11(19)8-5-9(14)21-7-8/h5,7H,6H2,1-4H3,(H,16,19). The summed E-state index contributed by atoms with van der Waals surface area (Å²) in [5, 5.41) is 8.67. The van der Waals surface area contributed by atoms with Gasteiger partial charge < -0.3 is 14.7 Å². The first-order valence-corrected chi connectivity index (χ1v) is 7.99. The maximum Gasteiger partial charge on any atom is 0.252 e. The molecule has 114 valence electrons. The van der Waals surface area contributed by atoms with Crippen LogP contribution >= 0.6 is 27.3 Å². The van der Waals surface area contributed by atoms with Crippen molar-refractivity contribution < 1.29 is 9.32 Å². The summed E-state index contributed by atoms with van der Waals surface area (Å²) < 4.78 is 6.11. The van der Waals surface area contributed by atoms with E-state index in [1.165, 1.54) is 11.3 Å². The molecule has 8 heteroatoms. The molecule has 2 rings (SSSR count). The minimum absolute atomic E-state index is 0.166. The van der Waals surface area contributed by atoms with Gasteiger partial charge in [-0.3, -0.25) is 4.79 Å². The molecule has 6 nitrogen and oxygen atoms in total. The van der Waals surface area contributed by atoms with Crippen molar-refractivity contribution in [2.45, 2.75) is 25.9 Å². The molecule has 2 heterocycles. The number of hydrogen-bond donors (Lipinski definition) is 1. The number of carbonyl (C=O) groups is 1. The number of thiophene rings is 1. The quantitative estimate of drug-likeness (QED) is 0.873. The smallest absolute Gasteiger partial charge is 0.252 e. The largest absolute Gasteiger partial charge is 0.340 e. The molecule has 0 aliphatic carbocycles. The molecule has 0 aliphatic rings. The topological polar surface area (TPSA) is 71.3 Å². The van der Waals surface area contributed by atoms with Crippen LogP contribution in [0.3, 0.4) is 0 Å². The second kappa shape index (κ2) is 6.25. The van der Waals surface area contributed by atoms with E-state index >= 15 is 0 Å². The number of nitrogens with zero attached hydrogens (tertiary/aromatic N) is 3. The van der Waals surface area contributed by atoms with E-state index in [1.807, 2.05) is 32.8 Å². The minimum atomic E-state index is -0.709. The summed E-state index contributed by atoms with van der Waals surface area (Å²) in [5.41, 5.74) is -0.100. The van der Waals surface area contributed by atoms with Crippen LogP contribution in [0.2, 0.25) is 0 Å². The molecule has 0 saturated heterocycles. The average molecular weight is 373 g/mol. The summed E-state index contributed by atoms with van der Waals surface area (Å²) in [6.45, 7) is 4.25. The number of hydrogen-bond acceptors (Lipinski definition) is 6. The predicted octanol–water partition coefficient (Wildman–Crippen LogP) is 2.62. The first kappa shape index (κ1) is 16.1. The highest BCUT2D eigenvalue weighted by molar-refractivity contribution is 9.11. The van der Waals surface area contributed by atoms with Crippen LogP contribution in [0, 0.1) is 0 Å². The molecule has 0 aromatic carbocycles. The molecule has 0 saturated carbocycles. The van der Waals surface area contributed by atoms with Gasteiger partial charge in [0.05, 0.1) is 21.4 Å². The van der Waals surface area contributed by atoms with Crippen molar-refractivity contribution in [1.29, 1.82) is 0 Å². The fourth-order valence-corrected chi connectivity index (χ4v) is 2.82. The number of aromatic nitrogens is 2. The Bertz CT molecular complexity index is 636. The molecule has 21 heavy (non-hydrogen) atoms. The number of rotatable bonds is 5. The van der Waals surface area contributed by atoms with E-state index in [2.05, 4.69) is 31.4 Å². The van der Waals surface area contributed by atoms with Crippen LogP contribution in [0.4, 0.5) is 0 Å². The highest BCUT2D eigenvalue weighted by Gasteiger charge is 2.29. The zero-order valence-corrected chi connectivity index (χ0v) is 14.7. The van der Waals surface area contributed by atoms with Crippen molar-refractivity contribution >= 4 is 33.2 Å². The Morgan fingerprint density at radius 1 is 1.52 bits per heavy atom. The minimum Gasteiger partial charge on any atom is -0.340 e. The molecule has 0 unspecified atom stereocenters. The summed E-state index contributed by atoms with van der Waals surface area (Å²) in [6, 6.07) is 1.78. The maximum atomic E-state index is 12.2. The van der Waals surface area contributed by atoms with E-state index in [1.54, 1.807) is 11.4 Å². The lowest BCUT2D eigenvalue weighted by molar-refractivity contribution is 0.0908. The van der Waals surface area contributed by atoms with Gasteiger partial charge in [0.25, 0.3) is 5.91 Å². The monoisotopic (exact) mass is 372 g/mol. The molecule has 0 fully saturated rings. The lowest BCUT2D eigenvalue weighted by atomic mass is 10.0. The Kier molecular flexibility index (Phi) is 4.80. The SMILES string of the molecule is CN(C)Cc1nc(C(C)(C)NC(=O)c2csc(Br)c2)no1. The van der Waals surface area contributed by atoms with Crippen molar-refractivity contribution in [3.63, 3.8) is 0 Å². The molecular weight excluding hydrogens is 356 g/mol. The van der Waals surface area contributed by atoms with Crippen LogP contribution in [0.15, 0.2) is 19.8 Å². The van der Waals surface area contributed by atoms with Gasteiger partial charge >= 0.3 is 0 Å². The van der Waals surface area contributed by atoms with Crippen LogP contribution in [0.25, 0.3) is 0 Å². The third kappa shape index (κ3) is 4.12. The van der Waals surface area contributed by atoms with E-state index in [0.29, 0.717) is 23.8 Å². The fraction of sp³-hybridized carbons (Fsp3) is 0.462. The van der Waals surface area contributed by atoms with E-state index < -0.39 is 5.54 Å². The molecule has 0 aliphatic heterocycles. The van der Waals surface area contributed by atoms with Crippen LogP contribution in [0.1, 0.15) is 35.9 Å². The average Bonchev–Trinajstić information content (AvgIpc) is 2.97. The summed E-state index contributed by atoms with van der Waals surface area (Å²) in [4.78, 5) is 18.5. The predicted molar refractivity (Wildman–Crippen MR) is 84.2 cm³/mol. The van der Waals surface area contributed by atoms with Crippen LogP contribution in [0.5, 0.6) is 0 Å². The van der Waals surface area contributed by atoms with Gasteiger partial charge in [-0.15, -0.1) is 11.3 Å². The molecule has 1 N–H and O–H groups in total. The highest BCUT2D eigenvalue weighted by atomic mass is 79.9. The molecule has 0 bridgehead atoms. The van der Waals surface area contributed by atoms with Crippen LogP contribution in [-0.2, 0) is 12.1 Å². The number of carbonyl (C=O) groups excluding carboxylic acids is 1. The summed E-state index contributed by atoms with van der Waals surface area (Å²) >= 11 is 4.81. The Balaban J connectivity index is 2.10. The van der Waals surface area contributed by atoms with Gasteiger partial charge in [0.2, 0.25) is 5.89 Å². The van der Waals surface area contributed by atoms with Crippen LogP contribution < -0.4 is 5.32 Å². The van der Waals surface area contributed by atoms with Gasteiger partial charge in [0.1, 0.15) is 0 Å². The third-order valence-corrected chi connectivity index (χ3v) is 4.24. The zero-order chi connectivity index (χ0) is 15.6. The Morgan fingerprint density at radius 3 is 2.81 bits per heavy atom. The Morgan fingerprint density at radius 2 is 2.24 bits per heavy atom. The van der Waals surface area contributed by atoms with Crippen molar-refractivity contribution in [3.05, 3.63) is 32.5 Å². The van der Waals surface area contributed by atoms with E-state index in [9.17, 15) is 4.79 Å². The Hall–Kier alpha value is -1.25. The highest BCUT2D eigenvalue weighted by Crippen LogP contribution is 2.23. The third-order valence-electron chi connectivity index (χ3n) is 2.73. The van der Waals surface area contributed by atoms with Gasteiger partial charge in [-0.2, -0.15) is 4.98 Å². The lowest BCUT2D eigenvalue weighted by Crippen LogP contribution is -2.41. The zero-order valence-electron chi connectivity index (χ0n) is 12.3. The van der Waals surface area contributed by atoms with E-state index in [4.69, 9.17) is 4.52 Å². The van der Waals surface area contributed by atoms with Crippen molar-refractivity contribution in [1.82, 2.24) is 20.4 Å². The second-order valence-electron chi connectivity index (χ2n) is 5.47. The normalized spacial score (nSPS) is 11.9. The van der Waals surface area contributed by atoms with E-state index in [-0.39, 0.29) is 5.91 Å². The first-order valence-electron chi connectivity index (χ1n) is 6.32. The molecule has 2 aromatic heterocycles. The first-order chi connectivity index (χ1) is 9.78. The molecular formula is C13H17BrN4O2S. The van der Waals surface area contributed by atoms with Crippen molar-refractivity contribution in [3.8, 4) is 0 Å². The van der Waals surface area contributed by atoms with Gasteiger partial charge in [-0.25, -0.2) is 0 Å². The summed E-state index contributed by atoms with van der Waals surface area (Å²) in [7, 11) is 3.84.